The molecule has 5 nitrogen and oxygen atoms in total. The van der Waals surface area contributed by atoms with Crippen molar-refractivity contribution in [1.82, 2.24) is 0 Å². The maximum atomic E-state index is 13.1. The number of hydrogen-bond donors (Lipinski definition) is 2. The van der Waals surface area contributed by atoms with Crippen LogP contribution in [0.1, 0.15) is 46.1 Å². The van der Waals surface area contributed by atoms with E-state index >= 15 is 0 Å². The van der Waals surface area contributed by atoms with Crippen LogP contribution >= 0.6 is 11.3 Å². The minimum absolute atomic E-state index is 0.128. The summed E-state index contributed by atoms with van der Waals surface area (Å²) in [5, 5.41) is 4.07. The number of hydrogen-bond acceptors (Lipinski definition) is 6. The van der Waals surface area contributed by atoms with Crippen molar-refractivity contribution in [2.45, 2.75) is 19.8 Å². The Balaban J connectivity index is 1.88. The molecule has 0 radical (unpaired) electrons. The van der Waals surface area contributed by atoms with Gasteiger partial charge in [-0.3, -0.25) is 4.79 Å². The Morgan fingerprint density at radius 2 is 1.70 bits per heavy atom. The predicted molar refractivity (Wildman–Crippen MR) is 120 cm³/mol. The molecule has 0 aliphatic carbocycles. The Kier molecular flexibility index (Phi) is 5.42. The Hall–Kier alpha value is -3.38. The maximum Gasteiger partial charge on any atom is 0.336 e. The van der Waals surface area contributed by atoms with Crippen LogP contribution in [0.15, 0.2) is 71.9 Å². The summed E-state index contributed by atoms with van der Waals surface area (Å²) in [5.74, 6) is -0.921. The lowest BCUT2D eigenvalue weighted by atomic mass is 9.81. The Bertz CT molecular complexity index is 1130. The molecule has 4 rings (SSSR count). The van der Waals surface area contributed by atoms with Crippen LogP contribution < -0.4 is 11.1 Å². The summed E-state index contributed by atoms with van der Waals surface area (Å²) in [6.45, 7) is 3.91. The van der Waals surface area contributed by atoms with Crippen molar-refractivity contribution in [2.24, 2.45) is 0 Å². The van der Waals surface area contributed by atoms with Crippen LogP contribution in [0.4, 0.5) is 10.7 Å². The van der Waals surface area contributed by atoms with Crippen molar-refractivity contribution in [1.29, 1.82) is 0 Å². The van der Waals surface area contributed by atoms with E-state index in [-0.39, 0.29) is 18.4 Å². The van der Waals surface area contributed by atoms with E-state index in [1.807, 2.05) is 55.5 Å². The first kappa shape index (κ1) is 19.9. The number of ketones is 1. The highest BCUT2D eigenvalue weighted by atomic mass is 32.1. The van der Waals surface area contributed by atoms with Crippen molar-refractivity contribution >= 4 is 33.8 Å². The van der Waals surface area contributed by atoms with Crippen molar-refractivity contribution in [3.8, 4) is 0 Å². The monoisotopic (exact) mass is 418 g/mol. The molecule has 1 unspecified atom stereocenters. The molecule has 30 heavy (non-hydrogen) atoms. The number of nitrogens with one attached hydrogen (secondary N) is 1. The number of rotatable bonds is 5. The normalized spacial score (nSPS) is 15.3. The van der Waals surface area contributed by atoms with Crippen LogP contribution in [0.25, 0.3) is 0 Å². The lowest BCUT2D eigenvalue weighted by molar-refractivity contribution is -0.138. The third-order valence-electron chi connectivity index (χ3n) is 5.14. The number of nitrogens with two attached hydrogens (primary N) is 1. The number of thiophene rings is 1. The van der Waals surface area contributed by atoms with Crippen LogP contribution in [0.2, 0.25) is 0 Å². The maximum absolute atomic E-state index is 13.1. The summed E-state index contributed by atoms with van der Waals surface area (Å²) in [5.41, 5.74) is 10.4. The van der Waals surface area contributed by atoms with E-state index in [0.717, 1.165) is 16.1 Å². The van der Waals surface area contributed by atoms with E-state index in [1.165, 1.54) is 11.3 Å². The molecule has 0 bridgehead atoms. The number of ether oxygens (including phenoxy) is 1. The van der Waals surface area contributed by atoms with Gasteiger partial charge in [-0.2, -0.15) is 0 Å². The molecule has 6 heteroatoms. The molecule has 152 valence electrons. The molecule has 2 heterocycles. The van der Waals surface area contributed by atoms with Gasteiger partial charge in [-0.05, 0) is 19.4 Å². The van der Waals surface area contributed by atoms with E-state index in [2.05, 4.69) is 5.32 Å². The SMILES string of the molecule is CCOC(=O)C1=C(C)Nc2sc(C(=O)c3ccccc3)c(N)c2C1c1ccccc1. The zero-order valence-electron chi connectivity index (χ0n) is 16.8. The van der Waals surface area contributed by atoms with Gasteiger partial charge >= 0.3 is 5.97 Å². The van der Waals surface area contributed by atoms with Crippen molar-refractivity contribution < 1.29 is 14.3 Å². The van der Waals surface area contributed by atoms with Crippen LogP contribution in [0, 0.1) is 0 Å². The van der Waals surface area contributed by atoms with Gasteiger partial charge < -0.3 is 15.8 Å². The summed E-state index contributed by atoms with van der Waals surface area (Å²) < 4.78 is 5.34. The molecule has 0 saturated carbocycles. The molecular weight excluding hydrogens is 396 g/mol. The van der Waals surface area contributed by atoms with Gasteiger partial charge in [0.2, 0.25) is 5.78 Å². The fraction of sp³-hybridized carbons (Fsp3) is 0.167. The minimum Gasteiger partial charge on any atom is -0.463 e. The van der Waals surface area contributed by atoms with Gasteiger partial charge in [-0.15, -0.1) is 11.3 Å². The summed E-state index contributed by atoms with van der Waals surface area (Å²) >= 11 is 1.32. The standard InChI is InChI=1S/C24H22N2O3S/c1-3-29-24(28)17-14(2)26-23-19(18(17)15-10-6-4-7-11-15)20(25)22(30-23)21(27)16-12-8-5-9-13-16/h4-13,18,26H,3,25H2,1-2H3. The number of esters is 1. The van der Waals surface area contributed by atoms with E-state index in [0.29, 0.717) is 27.4 Å². The summed E-state index contributed by atoms with van der Waals surface area (Å²) in [6, 6.07) is 18.8. The molecule has 0 spiro atoms. The van der Waals surface area contributed by atoms with Crippen molar-refractivity contribution in [3.05, 3.63) is 93.5 Å². The van der Waals surface area contributed by atoms with Gasteiger partial charge in [-0.25, -0.2) is 4.79 Å². The average Bonchev–Trinajstić information content (AvgIpc) is 3.09. The van der Waals surface area contributed by atoms with Crippen LogP contribution in [0.3, 0.4) is 0 Å². The second kappa shape index (κ2) is 8.16. The second-order valence-electron chi connectivity index (χ2n) is 7.01. The number of nitrogen functional groups attached to an aromatic ring is 1. The lowest BCUT2D eigenvalue weighted by Gasteiger charge is -2.28. The van der Waals surface area contributed by atoms with Crippen LogP contribution in [-0.2, 0) is 9.53 Å². The molecule has 1 aliphatic heterocycles. The first-order valence-electron chi connectivity index (χ1n) is 9.74. The minimum atomic E-state index is -0.407. The highest BCUT2D eigenvalue weighted by molar-refractivity contribution is 7.19. The van der Waals surface area contributed by atoms with E-state index in [9.17, 15) is 9.59 Å². The van der Waals surface area contributed by atoms with Crippen molar-refractivity contribution in [2.75, 3.05) is 17.7 Å². The number of carbonyl (C=O) groups is 2. The molecule has 1 aromatic heterocycles. The molecule has 0 saturated heterocycles. The highest BCUT2D eigenvalue weighted by Crippen LogP contribution is 2.50. The number of benzene rings is 2. The van der Waals surface area contributed by atoms with E-state index in [4.69, 9.17) is 10.5 Å². The van der Waals surface area contributed by atoms with Gasteiger partial charge in [0.1, 0.15) is 4.88 Å². The van der Waals surface area contributed by atoms with Gasteiger partial charge in [0.05, 0.1) is 22.9 Å². The van der Waals surface area contributed by atoms with Crippen molar-refractivity contribution in [3.63, 3.8) is 0 Å². The zero-order chi connectivity index (χ0) is 21.3. The molecule has 0 amide bonds. The third-order valence-corrected chi connectivity index (χ3v) is 6.27. The van der Waals surface area contributed by atoms with Gasteiger partial charge in [0.15, 0.2) is 0 Å². The lowest BCUT2D eigenvalue weighted by Crippen LogP contribution is -2.24. The smallest absolute Gasteiger partial charge is 0.336 e. The topological polar surface area (TPSA) is 81.4 Å². The molecule has 2 aromatic carbocycles. The molecule has 1 atom stereocenters. The Morgan fingerprint density at radius 3 is 2.33 bits per heavy atom. The highest BCUT2D eigenvalue weighted by Gasteiger charge is 2.37. The molecule has 1 aliphatic rings. The number of anilines is 2. The average molecular weight is 419 g/mol. The Labute approximate surface area is 179 Å². The Morgan fingerprint density at radius 1 is 1.07 bits per heavy atom. The molecular formula is C24H22N2O3S. The summed E-state index contributed by atoms with van der Waals surface area (Å²) in [6.07, 6.45) is 0. The quantitative estimate of drug-likeness (QED) is 0.452. The number of fused-ring (bicyclic) bond motifs is 1. The molecule has 3 N–H and O–H groups in total. The molecule has 3 aromatic rings. The van der Waals surface area contributed by atoms with Gasteiger partial charge in [0, 0.05) is 22.7 Å². The largest absolute Gasteiger partial charge is 0.463 e. The molecule has 0 fully saturated rings. The first-order chi connectivity index (χ1) is 14.5. The van der Waals surface area contributed by atoms with Crippen LogP contribution in [-0.4, -0.2) is 18.4 Å². The van der Waals surface area contributed by atoms with E-state index < -0.39 is 5.92 Å². The predicted octanol–water partition coefficient (Wildman–Crippen LogP) is 4.96. The van der Waals surface area contributed by atoms with Gasteiger partial charge in [0.25, 0.3) is 0 Å². The fourth-order valence-electron chi connectivity index (χ4n) is 3.78. The third kappa shape index (κ3) is 3.39. The second-order valence-corrected chi connectivity index (χ2v) is 8.03. The first-order valence-corrected chi connectivity index (χ1v) is 10.6. The summed E-state index contributed by atoms with van der Waals surface area (Å²) in [4.78, 5) is 26.4. The van der Waals surface area contributed by atoms with Crippen LogP contribution in [0.5, 0.6) is 0 Å². The number of allylic oxidation sites excluding steroid dienone is 1. The summed E-state index contributed by atoms with van der Waals surface area (Å²) in [7, 11) is 0. The number of carbonyl (C=O) groups excluding carboxylic acids is 2. The fourth-order valence-corrected chi connectivity index (χ4v) is 4.96. The zero-order valence-corrected chi connectivity index (χ0v) is 17.6. The van der Waals surface area contributed by atoms with E-state index in [1.54, 1.807) is 19.1 Å². The van der Waals surface area contributed by atoms with Gasteiger partial charge in [-0.1, -0.05) is 60.7 Å².